The summed E-state index contributed by atoms with van der Waals surface area (Å²) in [7, 11) is 1.80. The van der Waals surface area contributed by atoms with E-state index in [0.717, 1.165) is 18.8 Å². The predicted octanol–water partition coefficient (Wildman–Crippen LogP) is 1.68. The zero-order chi connectivity index (χ0) is 18.2. The first-order chi connectivity index (χ1) is 12.0. The highest BCUT2D eigenvalue weighted by Crippen LogP contribution is 2.17. The Kier molecular flexibility index (Phi) is 12.0. The average Bonchev–Trinajstić information content (AvgIpc) is 2.62. The minimum atomic E-state index is -0.247. The molecule has 9 heteroatoms. The van der Waals surface area contributed by atoms with E-state index in [1.54, 1.807) is 19.2 Å². The van der Waals surface area contributed by atoms with Gasteiger partial charge >= 0.3 is 0 Å². The van der Waals surface area contributed by atoms with Crippen molar-refractivity contribution in [2.24, 2.45) is 5.92 Å². The van der Waals surface area contributed by atoms with Gasteiger partial charge in [-0.1, -0.05) is 6.92 Å². The Balaban J connectivity index is 0.00000338. The molecule has 1 fully saturated rings. The van der Waals surface area contributed by atoms with Crippen LogP contribution in [0.2, 0.25) is 0 Å². The first-order valence-corrected chi connectivity index (χ1v) is 8.72. The normalized spacial score (nSPS) is 14.6. The number of benzene rings is 1. The van der Waals surface area contributed by atoms with E-state index < -0.39 is 0 Å². The van der Waals surface area contributed by atoms with Crippen LogP contribution >= 0.6 is 24.8 Å². The molecule has 1 aliphatic rings. The molecular weight excluding hydrogens is 394 g/mol. The molecular formula is C18H29Cl2FN4O2. The fourth-order valence-corrected chi connectivity index (χ4v) is 2.89. The van der Waals surface area contributed by atoms with Gasteiger partial charge in [0.1, 0.15) is 5.82 Å². The molecule has 0 spiro atoms. The highest BCUT2D eigenvalue weighted by molar-refractivity contribution is 5.85. The van der Waals surface area contributed by atoms with Crippen LogP contribution in [0, 0.1) is 11.7 Å². The van der Waals surface area contributed by atoms with Crippen LogP contribution in [0.15, 0.2) is 24.3 Å². The number of anilines is 1. The first-order valence-electron chi connectivity index (χ1n) is 8.72. The summed E-state index contributed by atoms with van der Waals surface area (Å²) in [5.41, 5.74) is 0.972. The number of carbonyl (C=O) groups is 2. The standard InChI is InChI=1S/C18H27FN4O2.2ClH/c1-14(13-20-2)18(25)21-8-7-17(24)23-11-9-22(10-12-23)16-5-3-15(19)4-6-16;;/h3-6,14,20H,7-13H2,1-2H3,(H,21,25);2*1H. The topological polar surface area (TPSA) is 64.7 Å². The van der Waals surface area contributed by atoms with Gasteiger partial charge in [-0.05, 0) is 31.3 Å². The third-order valence-corrected chi connectivity index (χ3v) is 4.42. The third-order valence-electron chi connectivity index (χ3n) is 4.42. The second-order valence-corrected chi connectivity index (χ2v) is 6.34. The van der Waals surface area contributed by atoms with E-state index in [2.05, 4.69) is 15.5 Å². The lowest BCUT2D eigenvalue weighted by atomic mass is 10.1. The maximum atomic E-state index is 13.0. The number of carbonyl (C=O) groups excluding carboxylic acids is 2. The van der Waals surface area contributed by atoms with E-state index >= 15 is 0 Å². The number of nitrogens with one attached hydrogen (secondary N) is 2. The van der Waals surface area contributed by atoms with Gasteiger partial charge in [-0.15, -0.1) is 24.8 Å². The molecule has 2 amide bonds. The van der Waals surface area contributed by atoms with Crippen molar-refractivity contribution < 1.29 is 14.0 Å². The molecule has 6 nitrogen and oxygen atoms in total. The van der Waals surface area contributed by atoms with Crippen molar-refractivity contribution >= 4 is 42.3 Å². The number of hydrogen-bond donors (Lipinski definition) is 2. The van der Waals surface area contributed by atoms with E-state index in [0.29, 0.717) is 32.6 Å². The lowest BCUT2D eigenvalue weighted by molar-refractivity contribution is -0.131. The van der Waals surface area contributed by atoms with Gasteiger partial charge in [-0.2, -0.15) is 0 Å². The average molecular weight is 423 g/mol. The van der Waals surface area contributed by atoms with Crippen LogP contribution in [0.3, 0.4) is 0 Å². The Bertz CT molecular complexity index is 581. The summed E-state index contributed by atoms with van der Waals surface area (Å²) in [6, 6.07) is 6.42. The van der Waals surface area contributed by atoms with E-state index in [1.807, 2.05) is 11.8 Å². The largest absolute Gasteiger partial charge is 0.368 e. The van der Waals surface area contributed by atoms with Crippen LogP contribution < -0.4 is 15.5 Å². The molecule has 27 heavy (non-hydrogen) atoms. The second-order valence-electron chi connectivity index (χ2n) is 6.34. The van der Waals surface area contributed by atoms with Crippen LogP contribution in [-0.2, 0) is 9.59 Å². The van der Waals surface area contributed by atoms with Crippen molar-refractivity contribution in [3.8, 4) is 0 Å². The van der Waals surface area contributed by atoms with Crippen LogP contribution in [0.1, 0.15) is 13.3 Å². The molecule has 1 saturated heterocycles. The van der Waals surface area contributed by atoms with E-state index in [1.165, 1.54) is 12.1 Å². The molecule has 1 unspecified atom stereocenters. The summed E-state index contributed by atoms with van der Waals surface area (Å²) in [5, 5.41) is 5.76. The van der Waals surface area contributed by atoms with Gasteiger partial charge in [0, 0.05) is 57.3 Å². The SMILES string of the molecule is CNCC(C)C(=O)NCCC(=O)N1CCN(c2ccc(F)cc2)CC1.Cl.Cl. The Labute approximate surface area is 172 Å². The van der Waals surface area contributed by atoms with Gasteiger partial charge in [0.15, 0.2) is 0 Å². The molecule has 1 aliphatic heterocycles. The number of hydrogen-bond acceptors (Lipinski definition) is 4. The summed E-state index contributed by atoms with van der Waals surface area (Å²) in [4.78, 5) is 28.0. The zero-order valence-corrected chi connectivity index (χ0v) is 17.4. The van der Waals surface area contributed by atoms with Crippen LogP contribution in [0.5, 0.6) is 0 Å². The van der Waals surface area contributed by atoms with Gasteiger partial charge in [-0.3, -0.25) is 9.59 Å². The van der Waals surface area contributed by atoms with Crippen LogP contribution in [0.4, 0.5) is 10.1 Å². The van der Waals surface area contributed by atoms with Crippen molar-refractivity contribution in [2.45, 2.75) is 13.3 Å². The first kappa shape index (κ1) is 25.4. The fraction of sp³-hybridized carbons (Fsp3) is 0.556. The maximum Gasteiger partial charge on any atom is 0.224 e. The minimum Gasteiger partial charge on any atom is -0.368 e. The second kappa shape index (κ2) is 12.8. The highest BCUT2D eigenvalue weighted by Gasteiger charge is 2.21. The van der Waals surface area contributed by atoms with Crippen molar-refractivity contribution in [3.05, 3.63) is 30.1 Å². The maximum absolute atomic E-state index is 13.0. The lowest BCUT2D eigenvalue weighted by Gasteiger charge is -2.36. The van der Waals surface area contributed by atoms with Crippen LogP contribution in [-0.4, -0.2) is 63.0 Å². The van der Waals surface area contributed by atoms with Gasteiger partial charge in [0.2, 0.25) is 11.8 Å². The zero-order valence-electron chi connectivity index (χ0n) is 15.7. The number of piperazine rings is 1. The smallest absolute Gasteiger partial charge is 0.224 e. The minimum absolute atomic E-state index is 0. The van der Waals surface area contributed by atoms with Gasteiger partial charge in [-0.25, -0.2) is 4.39 Å². The number of halogens is 3. The van der Waals surface area contributed by atoms with E-state index in [-0.39, 0.29) is 48.4 Å². The molecule has 0 radical (unpaired) electrons. The summed E-state index contributed by atoms with van der Waals surface area (Å²) < 4.78 is 13.0. The molecule has 0 aromatic heterocycles. The van der Waals surface area contributed by atoms with Crippen molar-refractivity contribution in [1.82, 2.24) is 15.5 Å². The van der Waals surface area contributed by atoms with Crippen molar-refractivity contribution in [1.29, 1.82) is 0 Å². The summed E-state index contributed by atoms with van der Waals surface area (Å²) >= 11 is 0. The quantitative estimate of drug-likeness (QED) is 0.701. The molecule has 1 atom stereocenters. The predicted molar refractivity (Wildman–Crippen MR) is 110 cm³/mol. The summed E-state index contributed by atoms with van der Waals surface area (Å²) in [5.74, 6) is -0.341. The molecule has 1 aromatic carbocycles. The molecule has 2 N–H and O–H groups in total. The summed E-state index contributed by atoms with van der Waals surface area (Å²) in [6.07, 6.45) is 0.314. The van der Waals surface area contributed by atoms with Gasteiger partial charge < -0.3 is 20.4 Å². The Morgan fingerprint density at radius 1 is 1.11 bits per heavy atom. The summed E-state index contributed by atoms with van der Waals surface area (Å²) in [6.45, 7) is 5.56. The number of rotatable bonds is 7. The molecule has 154 valence electrons. The molecule has 1 heterocycles. The fourth-order valence-electron chi connectivity index (χ4n) is 2.89. The monoisotopic (exact) mass is 422 g/mol. The van der Waals surface area contributed by atoms with Gasteiger partial charge in [0.05, 0.1) is 0 Å². The Hall–Kier alpha value is -1.57. The lowest BCUT2D eigenvalue weighted by Crippen LogP contribution is -2.49. The van der Waals surface area contributed by atoms with Crippen molar-refractivity contribution in [2.75, 3.05) is 51.2 Å². The van der Waals surface area contributed by atoms with Gasteiger partial charge in [0.25, 0.3) is 0 Å². The highest BCUT2D eigenvalue weighted by atomic mass is 35.5. The Morgan fingerprint density at radius 3 is 2.26 bits per heavy atom. The van der Waals surface area contributed by atoms with E-state index in [4.69, 9.17) is 0 Å². The third kappa shape index (κ3) is 7.91. The molecule has 1 aromatic rings. The molecule has 0 bridgehead atoms. The number of amides is 2. The van der Waals surface area contributed by atoms with Crippen molar-refractivity contribution in [3.63, 3.8) is 0 Å². The molecule has 2 rings (SSSR count). The number of nitrogens with zero attached hydrogens (tertiary/aromatic N) is 2. The van der Waals surface area contributed by atoms with Crippen LogP contribution in [0.25, 0.3) is 0 Å². The Morgan fingerprint density at radius 2 is 1.70 bits per heavy atom. The van der Waals surface area contributed by atoms with E-state index in [9.17, 15) is 14.0 Å². The molecule has 0 saturated carbocycles. The molecule has 0 aliphatic carbocycles.